The first-order chi connectivity index (χ1) is 9.20. The van der Waals surface area contributed by atoms with Crippen molar-refractivity contribution in [3.05, 3.63) is 42.5 Å². The quantitative estimate of drug-likeness (QED) is 0.783. The van der Waals surface area contributed by atoms with Gasteiger partial charge in [-0.05, 0) is 18.2 Å². The van der Waals surface area contributed by atoms with Crippen molar-refractivity contribution in [3.8, 4) is 5.75 Å². The van der Waals surface area contributed by atoms with Gasteiger partial charge in [0.05, 0.1) is 12.6 Å². The van der Waals surface area contributed by atoms with Crippen LogP contribution in [0.5, 0.6) is 5.75 Å². The highest BCUT2D eigenvalue weighted by Crippen LogP contribution is 2.31. The lowest BCUT2D eigenvalue weighted by molar-refractivity contribution is -0.137. The van der Waals surface area contributed by atoms with Crippen molar-refractivity contribution >= 4 is 27.8 Å². The maximum Gasteiger partial charge on any atom is 0.323 e. The lowest BCUT2D eigenvalue weighted by Gasteiger charge is -2.04. The molecule has 0 spiro atoms. The SMILES string of the molecule is COc1ccc2c3ccccc3n(CC(=O)O)c2c1. The average molecular weight is 255 g/mol. The molecule has 1 heterocycles. The van der Waals surface area contributed by atoms with Crippen LogP contribution >= 0.6 is 0 Å². The van der Waals surface area contributed by atoms with Crippen molar-refractivity contribution in [2.75, 3.05) is 7.11 Å². The van der Waals surface area contributed by atoms with Gasteiger partial charge in [-0.1, -0.05) is 18.2 Å². The van der Waals surface area contributed by atoms with Crippen LogP contribution in [0.2, 0.25) is 0 Å². The van der Waals surface area contributed by atoms with E-state index < -0.39 is 5.97 Å². The summed E-state index contributed by atoms with van der Waals surface area (Å²) in [5.41, 5.74) is 1.80. The number of ether oxygens (including phenoxy) is 1. The summed E-state index contributed by atoms with van der Waals surface area (Å²) >= 11 is 0. The van der Waals surface area contributed by atoms with Crippen LogP contribution in [0.4, 0.5) is 0 Å². The van der Waals surface area contributed by atoms with E-state index in [1.807, 2.05) is 42.5 Å². The Bertz CT molecular complexity index is 774. The molecule has 0 aliphatic heterocycles. The first kappa shape index (κ1) is 11.6. The third-order valence-corrected chi connectivity index (χ3v) is 3.27. The Morgan fingerprint density at radius 3 is 2.63 bits per heavy atom. The van der Waals surface area contributed by atoms with Crippen LogP contribution in [-0.4, -0.2) is 22.8 Å². The zero-order chi connectivity index (χ0) is 13.4. The van der Waals surface area contributed by atoms with Crippen molar-refractivity contribution < 1.29 is 14.6 Å². The molecule has 0 radical (unpaired) electrons. The fourth-order valence-electron chi connectivity index (χ4n) is 2.46. The molecule has 0 fully saturated rings. The van der Waals surface area contributed by atoms with Gasteiger partial charge in [0.1, 0.15) is 12.3 Å². The maximum absolute atomic E-state index is 11.1. The minimum atomic E-state index is -0.856. The van der Waals surface area contributed by atoms with Crippen LogP contribution < -0.4 is 4.74 Å². The molecule has 2 aromatic carbocycles. The van der Waals surface area contributed by atoms with E-state index >= 15 is 0 Å². The smallest absolute Gasteiger partial charge is 0.323 e. The van der Waals surface area contributed by atoms with Gasteiger partial charge >= 0.3 is 5.97 Å². The zero-order valence-corrected chi connectivity index (χ0v) is 10.5. The topological polar surface area (TPSA) is 51.5 Å². The number of benzene rings is 2. The first-order valence-corrected chi connectivity index (χ1v) is 5.97. The number of para-hydroxylation sites is 1. The predicted octanol–water partition coefficient (Wildman–Crippen LogP) is 2.89. The van der Waals surface area contributed by atoms with Gasteiger partial charge in [-0.3, -0.25) is 4.79 Å². The van der Waals surface area contributed by atoms with E-state index in [1.54, 1.807) is 11.7 Å². The highest BCUT2D eigenvalue weighted by Gasteiger charge is 2.12. The Balaban J connectivity index is 2.41. The van der Waals surface area contributed by atoms with Gasteiger partial charge in [0.25, 0.3) is 0 Å². The third-order valence-electron chi connectivity index (χ3n) is 3.27. The molecule has 0 aliphatic rings. The average Bonchev–Trinajstić information content (AvgIpc) is 2.72. The molecule has 0 saturated heterocycles. The van der Waals surface area contributed by atoms with Gasteiger partial charge in [0, 0.05) is 22.4 Å². The van der Waals surface area contributed by atoms with Crippen LogP contribution in [0, 0.1) is 0 Å². The van der Waals surface area contributed by atoms with Crippen LogP contribution in [0.25, 0.3) is 21.8 Å². The standard InChI is InChI=1S/C15H13NO3/c1-19-10-6-7-12-11-4-2-3-5-13(11)16(9-15(17)18)14(12)8-10/h2-8H,9H2,1H3,(H,17,18). The summed E-state index contributed by atoms with van der Waals surface area (Å²) in [4.78, 5) is 11.1. The molecule has 4 heteroatoms. The third kappa shape index (κ3) is 1.81. The Morgan fingerprint density at radius 1 is 1.16 bits per heavy atom. The highest BCUT2D eigenvalue weighted by atomic mass is 16.5. The van der Waals surface area contributed by atoms with Gasteiger partial charge < -0.3 is 14.4 Å². The molecular formula is C15H13NO3. The summed E-state index contributed by atoms with van der Waals surface area (Å²) in [7, 11) is 1.60. The van der Waals surface area contributed by atoms with Crippen molar-refractivity contribution in [2.24, 2.45) is 0 Å². The molecule has 0 atom stereocenters. The number of rotatable bonds is 3. The number of methoxy groups -OCH3 is 1. The second kappa shape index (κ2) is 4.31. The maximum atomic E-state index is 11.1. The molecule has 0 aliphatic carbocycles. The summed E-state index contributed by atoms with van der Waals surface area (Å²) < 4.78 is 7.02. The predicted molar refractivity (Wildman–Crippen MR) is 73.6 cm³/mol. The van der Waals surface area contributed by atoms with E-state index in [0.717, 1.165) is 27.6 Å². The Kier molecular flexibility index (Phi) is 2.63. The lowest BCUT2D eigenvalue weighted by Crippen LogP contribution is -2.08. The van der Waals surface area contributed by atoms with Gasteiger partial charge in [0.15, 0.2) is 0 Å². The molecule has 4 nitrogen and oxygen atoms in total. The number of carboxylic acid groups (broad SMARTS) is 1. The fourth-order valence-corrected chi connectivity index (χ4v) is 2.46. The molecular weight excluding hydrogens is 242 g/mol. The summed E-state index contributed by atoms with van der Waals surface area (Å²) in [5.74, 6) is -0.132. The number of carboxylic acids is 1. The molecule has 0 bridgehead atoms. The molecule has 1 N–H and O–H groups in total. The highest BCUT2D eigenvalue weighted by molar-refractivity contribution is 6.08. The van der Waals surface area contributed by atoms with E-state index in [4.69, 9.17) is 9.84 Å². The largest absolute Gasteiger partial charge is 0.497 e. The Labute approximate surface area is 109 Å². The number of fused-ring (bicyclic) bond motifs is 3. The normalized spacial score (nSPS) is 11.0. The number of hydrogen-bond donors (Lipinski definition) is 1. The molecule has 3 aromatic rings. The molecule has 0 amide bonds. The van der Waals surface area contributed by atoms with Crippen molar-refractivity contribution in [3.63, 3.8) is 0 Å². The van der Waals surface area contributed by atoms with E-state index in [1.165, 1.54) is 0 Å². The van der Waals surface area contributed by atoms with E-state index in [0.29, 0.717) is 0 Å². The van der Waals surface area contributed by atoms with Crippen molar-refractivity contribution in [1.82, 2.24) is 4.57 Å². The van der Waals surface area contributed by atoms with Gasteiger partial charge in [-0.15, -0.1) is 0 Å². The first-order valence-electron chi connectivity index (χ1n) is 5.97. The molecule has 19 heavy (non-hydrogen) atoms. The molecule has 0 unspecified atom stereocenters. The van der Waals surface area contributed by atoms with E-state index in [9.17, 15) is 4.79 Å². The molecule has 1 aromatic heterocycles. The Morgan fingerprint density at radius 2 is 1.89 bits per heavy atom. The summed E-state index contributed by atoms with van der Waals surface area (Å²) in [6.07, 6.45) is 0. The monoisotopic (exact) mass is 255 g/mol. The summed E-state index contributed by atoms with van der Waals surface area (Å²) in [6.45, 7) is -0.0584. The van der Waals surface area contributed by atoms with E-state index in [2.05, 4.69) is 0 Å². The van der Waals surface area contributed by atoms with Crippen molar-refractivity contribution in [2.45, 2.75) is 6.54 Å². The molecule has 96 valence electrons. The van der Waals surface area contributed by atoms with Crippen LogP contribution in [0.15, 0.2) is 42.5 Å². The van der Waals surface area contributed by atoms with Crippen LogP contribution in [0.1, 0.15) is 0 Å². The number of aliphatic carboxylic acids is 1. The van der Waals surface area contributed by atoms with Gasteiger partial charge in [0.2, 0.25) is 0 Å². The minimum Gasteiger partial charge on any atom is -0.497 e. The Hall–Kier alpha value is -2.49. The molecule has 3 rings (SSSR count). The van der Waals surface area contributed by atoms with Crippen LogP contribution in [0.3, 0.4) is 0 Å². The number of aromatic nitrogens is 1. The zero-order valence-electron chi connectivity index (χ0n) is 10.5. The minimum absolute atomic E-state index is 0.0584. The summed E-state index contributed by atoms with van der Waals surface area (Å²) in [6, 6.07) is 13.5. The molecule has 0 saturated carbocycles. The number of hydrogen-bond acceptors (Lipinski definition) is 2. The second-order valence-corrected chi connectivity index (χ2v) is 4.38. The van der Waals surface area contributed by atoms with E-state index in [-0.39, 0.29) is 6.54 Å². The number of carbonyl (C=O) groups is 1. The number of nitrogens with zero attached hydrogens (tertiary/aromatic N) is 1. The lowest BCUT2D eigenvalue weighted by atomic mass is 10.1. The van der Waals surface area contributed by atoms with Gasteiger partial charge in [-0.25, -0.2) is 0 Å². The summed E-state index contributed by atoms with van der Waals surface area (Å²) in [5, 5.41) is 11.2. The van der Waals surface area contributed by atoms with Crippen molar-refractivity contribution in [1.29, 1.82) is 0 Å². The fraction of sp³-hybridized carbons (Fsp3) is 0.133. The second-order valence-electron chi connectivity index (χ2n) is 4.38. The van der Waals surface area contributed by atoms with Gasteiger partial charge in [-0.2, -0.15) is 0 Å². The van der Waals surface area contributed by atoms with Crippen LogP contribution in [-0.2, 0) is 11.3 Å².